The third-order valence-corrected chi connectivity index (χ3v) is 3.25. The summed E-state index contributed by atoms with van der Waals surface area (Å²) < 4.78 is 5.06. The lowest BCUT2D eigenvalue weighted by atomic mass is 10.1. The molecule has 8 nitrogen and oxygen atoms in total. The van der Waals surface area contributed by atoms with Gasteiger partial charge in [-0.25, -0.2) is 5.43 Å². The molecule has 0 bridgehead atoms. The number of amides is 1. The van der Waals surface area contributed by atoms with Crippen LogP contribution in [-0.4, -0.2) is 39.2 Å². The van der Waals surface area contributed by atoms with Crippen LogP contribution in [0.5, 0.6) is 28.7 Å². The van der Waals surface area contributed by atoms with Gasteiger partial charge in [0.2, 0.25) is 0 Å². The van der Waals surface area contributed by atoms with Gasteiger partial charge >= 0.3 is 0 Å². The molecule has 0 aliphatic heterocycles. The number of aromatic hydroxyl groups is 4. The van der Waals surface area contributed by atoms with Gasteiger partial charge in [0.15, 0.2) is 17.2 Å². The van der Waals surface area contributed by atoms with Gasteiger partial charge in [-0.15, -0.1) is 0 Å². The SMILES string of the molecule is COc1ccc(O)c(/C(C)=N\NC(=O)c2cc(O)c(O)c(O)c2)c1. The lowest BCUT2D eigenvalue weighted by Gasteiger charge is -2.08. The first kappa shape index (κ1) is 16.9. The second kappa shape index (κ2) is 6.78. The van der Waals surface area contributed by atoms with E-state index in [1.165, 1.54) is 13.2 Å². The zero-order valence-corrected chi connectivity index (χ0v) is 12.9. The van der Waals surface area contributed by atoms with Crippen LogP contribution in [0.4, 0.5) is 0 Å². The van der Waals surface area contributed by atoms with Crippen molar-refractivity contribution in [2.24, 2.45) is 5.10 Å². The van der Waals surface area contributed by atoms with Crippen LogP contribution in [0.25, 0.3) is 0 Å². The zero-order valence-electron chi connectivity index (χ0n) is 12.9. The van der Waals surface area contributed by atoms with E-state index >= 15 is 0 Å². The summed E-state index contributed by atoms with van der Waals surface area (Å²) in [6.07, 6.45) is 0. The fourth-order valence-corrected chi connectivity index (χ4v) is 1.93. The molecule has 2 aromatic rings. The molecule has 1 amide bonds. The molecule has 0 aliphatic rings. The number of rotatable bonds is 4. The van der Waals surface area contributed by atoms with Crippen LogP contribution >= 0.6 is 0 Å². The number of phenolic OH excluding ortho intramolecular Hbond substituents is 4. The Balaban J connectivity index is 2.22. The summed E-state index contributed by atoms with van der Waals surface area (Å²) in [5, 5.41) is 41.8. The maximum Gasteiger partial charge on any atom is 0.271 e. The van der Waals surface area contributed by atoms with Crippen LogP contribution in [0.15, 0.2) is 35.4 Å². The van der Waals surface area contributed by atoms with Gasteiger partial charge in [0.25, 0.3) is 5.91 Å². The van der Waals surface area contributed by atoms with Crippen molar-refractivity contribution in [3.8, 4) is 28.7 Å². The van der Waals surface area contributed by atoms with Crippen molar-refractivity contribution in [3.63, 3.8) is 0 Å². The van der Waals surface area contributed by atoms with Gasteiger partial charge in [-0.05, 0) is 37.3 Å². The predicted molar refractivity (Wildman–Crippen MR) is 85.8 cm³/mol. The number of carbonyl (C=O) groups is 1. The van der Waals surface area contributed by atoms with E-state index in [2.05, 4.69) is 10.5 Å². The Hall–Kier alpha value is -3.42. The number of nitrogens with one attached hydrogen (secondary N) is 1. The first-order chi connectivity index (χ1) is 11.3. The number of hydrogen-bond donors (Lipinski definition) is 5. The average molecular weight is 332 g/mol. The number of carbonyl (C=O) groups excluding carboxylic acids is 1. The largest absolute Gasteiger partial charge is 0.507 e. The van der Waals surface area contributed by atoms with E-state index in [0.717, 1.165) is 12.1 Å². The van der Waals surface area contributed by atoms with Crippen LogP contribution in [-0.2, 0) is 0 Å². The molecule has 0 saturated carbocycles. The highest BCUT2D eigenvalue weighted by molar-refractivity contribution is 6.03. The number of methoxy groups -OCH3 is 1. The topological polar surface area (TPSA) is 132 Å². The van der Waals surface area contributed by atoms with Crippen molar-refractivity contribution in [1.29, 1.82) is 0 Å². The number of benzene rings is 2. The van der Waals surface area contributed by atoms with Gasteiger partial charge in [-0.1, -0.05) is 0 Å². The van der Waals surface area contributed by atoms with E-state index in [1.54, 1.807) is 19.1 Å². The van der Waals surface area contributed by atoms with Gasteiger partial charge in [-0.2, -0.15) is 5.10 Å². The fraction of sp³-hybridized carbons (Fsp3) is 0.125. The first-order valence-electron chi connectivity index (χ1n) is 6.80. The van der Waals surface area contributed by atoms with Crippen LogP contribution in [0.3, 0.4) is 0 Å². The van der Waals surface area contributed by atoms with Gasteiger partial charge in [-0.3, -0.25) is 4.79 Å². The molecule has 0 aliphatic carbocycles. The molecule has 0 saturated heterocycles. The highest BCUT2D eigenvalue weighted by Crippen LogP contribution is 2.35. The molecule has 126 valence electrons. The van der Waals surface area contributed by atoms with Gasteiger partial charge in [0.1, 0.15) is 11.5 Å². The van der Waals surface area contributed by atoms with Crippen LogP contribution in [0, 0.1) is 0 Å². The molecule has 0 heterocycles. The van der Waals surface area contributed by atoms with Crippen molar-refractivity contribution in [3.05, 3.63) is 41.5 Å². The summed E-state index contributed by atoms with van der Waals surface area (Å²) in [6.45, 7) is 1.57. The summed E-state index contributed by atoms with van der Waals surface area (Å²) in [4.78, 5) is 12.0. The summed E-state index contributed by atoms with van der Waals surface area (Å²) in [6, 6.07) is 6.53. The van der Waals surface area contributed by atoms with E-state index in [0.29, 0.717) is 17.0 Å². The number of hydrogen-bond acceptors (Lipinski definition) is 7. The molecule has 24 heavy (non-hydrogen) atoms. The number of ether oxygens (including phenoxy) is 1. The van der Waals surface area contributed by atoms with Crippen molar-refractivity contribution < 1.29 is 30.0 Å². The standard InChI is InChI=1S/C16H16N2O6/c1-8(11-7-10(24-2)3-4-12(11)19)17-18-16(23)9-5-13(20)15(22)14(21)6-9/h3-7,19-22H,1-2H3,(H,18,23)/b17-8-. The summed E-state index contributed by atoms with van der Waals surface area (Å²) in [7, 11) is 1.48. The average Bonchev–Trinajstić information content (AvgIpc) is 2.57. The Bertz CT molecular complexity index is 793. The molecule has 2 aromatic carbocycles. The third kappa shape index (κ3) is 3.49. The van der Waals surface area contributed by atoms with Crippen molar-refractivity contribution in [1.82, 2.24) is 5.43 Å². The minimum atomic E-state index is -0.720. The van der Waals surface area contributed by atoms with Crippen LogP contribution in [0.1, 0.15) is 22.8 Å². The molecule has 0 atom stereocenters. The molecule has 0 spiro atoms. The fourth-order valence-electron chi connectivity index (χ4n) is 1.93. The molecule has 0 aromatic heterocycles. The van der Waals surface area contributed by atoms with E-state index in [9.17, 15) is 25.2 Å². The van der Waals surface area contributed by atoms with Gasteiger partial charge in [0.05, 0.1) is 12.8 Å². The normalized spacial score (nSPS) is 11.2. The Morgan fingerprint density at radius 3 is 2.25 bits per heavy atom. The first-order valence-corrected chi connectivity index (χ1v) is 6.80. The Morgan fingerprint density at radius 1 is 1.04 bits per heavy atom. The van der Waals surface area contributed by atoms with E-state index < -0.39 is 23.2 Å². The van der Waals surface area contributed by atoms with Gasteiger partial charge < -0.3 is 25.2 Å². The highest BCUT2D eigenvalue weighted by atomic mass is 16.5. The smallest absolute Gasteiger partial charge is 0.271 e. The number of phenols is 4. The summed E-state index contributed by atoms with van der Waals surface area (Å²) in [5.41, 5.74) is 2.81. The molecule has 0 fully saturated rings. The molecule has 0 radical (unpaired) electrons. The second-order valence-electron chi connectivity index (χ2n) is 4.88. The molecule has 0 unspecified atom stereocenters. The maximum atomic E-state index is 12.0. The lowest BCUT2D eigenvalue weighted by molar-refractivity contribution is 0.0954. The van der Waals surface area contributed by atoms with E-state index in [4.69, 9.17) is 4.74 Å². The summed E-state index contributed by atoms with van der Waals surface area (Å²) >= 11 is 0. The predicted octanol–water partition coefficient (Wildman–Crippen LogP) is 1.67. The Labute approximate surface area is 137 Å². The van der Waals surface area contributed by atoms with E-state index in [-0.39, 0.29) is 11.3 Å². The number of nitrogens with zero attached hydrogens (tertiary/aromatic N) is 1. The minimum Gasteiger partial charge on any atom is -0.507 e. The minimum absolute atomic E-state index is 0.0359. The summed E-state index contributed by atoms with van der Waals surface area (Å²) in [5.74, 6) is -2.23. The van der Waals surface area contributed by atoms with Crippen molar-refractivity contribution >= 4 is 11.6 Å². The van der Waals surface area contributed by atoms with Crippen molar-refractivity contribution in [2.75, 3.05) is 7.11 Å². The monoisotopic (exact) mass is 332 g/mol. The van der Waals surface area contributed by atoms with E-state index in [1.807, 2.05) is 0 Å². The Morgan fingerprint density at radius 2 is 1.67 bits per heavy atom. The molecule has 2 rings (SSSR count). The Kier molecular flexibility index (Phi) is 4.78. The van der Waals surface area contributed by atoms with Crippen LogP contribution in [0.2, 0.25) is 0 Å². The van der Waals surface area contributed by atoms with Gasteiger partial charge in [0, 0.05) is 11.1 Å². The maximum absolute atomic E-state index is 12.0. The highest BCUT2D eigenvalue weighted by Gasteiger charge is 2.14. The molecular weight excluding hydrogens is 316 g/mol. The zero-order chi connectivity index (χ0) is 17.9. The molecule has 8 heteroatoms. The van der Waals surface area contributed by atoms with Crippen molar-refractivity contribution in [2.45, 2.75) is 6.92 Å². The molecule has 5 N–H and O–H groups in total. The van der Waals surface area contributed by atoms with Crippen LogP contribution < -0.4 is 10.2 Å². The molecular formula is C16H16N2O6. The lowest BCUT2D eigenvalue weighted by Crippen LogP contribution is -2.19. The number of hydrazone groups is 1. The second-order valence-corrected chi connectivity index (χ2v) is 4.88. The third-order valence-electron chi connectivity index (χ3n) is 3.25. The quantitative estimate of drug-likeness (QED) is 0.329.